The molecule has 0 aliphatic carbocycles. The van der Waals surface area contributed by atoms with Crippen LogP contribution >= 0.6 is 11.3 Å². The molecule has 134 valence electrons. The summed E-state index contributed by atoms with van der Waals surface area (Å²) < 4.78 is 1.95. The van der Waals surface area contributed by atoms with E-state index < -0.39 is 0 Å². The van der Waals surface area contributed by atoms with Crippen LogP contribution in [0.2, 0.25) is 0 Å². The molecule has 0 aliphatic rings. The largest absolute Gasteiger partial charge is 0.408 e. The maximum atomic E-state index is 4.28. The molecule has 0 radical (unpaired) electrons. The van der Waals surface area contributed by atoms with Crippen molar-refractivity contribution < 1.29 is 4.57 Å². The van der Waals surface area contributed by atoms with Crippen LogP contribution in [-0.2, 0) is 7.05 Å². The second-order valence-electron chi connectivity index (χ2n) is 6.03. The zero-order chi connectivity index (χ0) is 18.2. The molecule has 3 aromatic rings. The Balaban J connectivity index is 1.57. The van der Waals surface area contributed by atoms with Gasteiger partial charge in [0, 0.05) is 29.0 Å². The van der Waals surface area contributed by atoms with E-state index in [0.29, 0.717) is 0 Å². The molecule has 2 aromatic carbocycles. The van der Waals surface area contributed by atoms with E-state index in [4.69, 9.17) is 0 Å². The molecule has 0 unspecified atom stereocenters. The number of nitrogens with zero attached hydrogens (tertiary/aromatic N) is 3. The number of unbranched alkanes of at least 4 members (excludes halogenated alkanes) is 1. The first-order valence-corrected chi connectivity index (χ1v) is 9.68. The summed E-state index contributed by atoms with van der Waals surface area (Å²) in [7, 11) is 1.96. The summed E-state index contributed by atoms with van der Waals surface area (Å²) in [5.74, 6) is 0. The molecule has 1 heterocycles. The fourth-order valence-corrected chi connectivity index (χ4v) is 3.06. The molecule has 3 rings (SSSR count). The quantitative estimate of drug-likeness (QED) is 0.294. The van der Waals surface area contributed by atoms with Crippen LogP contribution in [0.4, 0.5) is 27.9 Å². The summed E-state index contributed by atoms with van der Waals surface area (Å²) in [5, 5.41) is 18.2. The first kappa shape index (κ1) is 18.1. The number of thiazole rings is 1. The SMILES string of the molecule is CCCCNc1ccc(Nc2ccc(N=Nc3scc[n+]3C)cc2)cc1. The third kappa shape index (κ3) is 5.13. The number of hydrogen-bond donors (Lipinski definition) is 2. The molecule has 5 nitrogen and oxygen atoms in total. The summed E-state index contributed by atoms with van der Waals surface area (Å²) in [6, 6.07) is 16.3. The Kier molecular flexibility index (Phi) is 6.33. The lowest BCUT2D eigenvalue weighted by Crippen LogP contribution is -2.23. The fourth-order valence-electron chi connectivity index (χ4n) is 2.38. The van der Waals surface area contributed by atoms with E-state index in [1.807, 2.05) is 47.5 Å². The topological polar surface area (TPSA) is 52.7 Å². The lowest BCUT2D eigenvalue weighted by atomic mass is 10.2. The van der Waals surface area contributed by atoms with Crippen LogP contribution in [0, 0.1) is 0 Å². The van der Waals surface area contributed by atoms with E-state index in [2.05, 4.69) is 52.1 Å². The van der Waals surface area contributed by atoms with Crippen LogP contribution in [0.15, 0.2) is 70.3 Å². The molecule has 0 amide bonds. The molecule has 0 saturated carbocycles. The van der Waals surface area contributed by atoms with Gasteiger partial charge in [-0.15, -0.1) is 0 Å². The third-order valence-corrected chi connectivity index (χ3v) is 4.75. The van der Waals surface area contributed by atoms with Crippen molar-refractivity contribution in [1.29, 1.82) is 0 Å². The van der Waals surface area contributed by atoms with Crippen molar-refractivity contribution in [1.82, 2.24) is 0 Å². The summed E-state index contributed by atoms with van der Waals surface area (Å²) >= 11 is 1.57. The molecule has 0 spiro atoms. The number of azo groups is 1. The van der Waals surface area contributed by atoms with Crippen LogP contribution in [0.1, 0.15) is 19.8 Å². The standard InChI is InChI=1S/C20H23N5S/c1-3-4-13-21-16-5-7-17(8-6-16)22-18-9-11-19(12-10-18)23-24-20-25(2)14-15-26-20/h5-12,14-15H,3-4,13H2,1-2H3,(H,21,23)/p+1. The van der Waals surface area contributed by atoms with Crippen molar-refractivity contribution >= 4 is 39.2 Å². The average molecular weight is 367 g/mol. The number of benzene rings is 2. The molecular formula is C20H24N5S+. The second-order valence-corrected chi connectivity index (χ2v) is 6.90. The maximum absolute atomic E-state index is 4.28. The van der Waals surface area contributed by atoms with Gasteiger partial charge < -0.3 is 10.6 Å². The zero-order valence-electron chi connectivity index (χ0n) is 15.1. The highest BCUT2D eigenvalue weighted by Crippen LogP contribution is 2.23. The minimum atomic E-state index is 0.833. The van der Waals surface area contributed by atoms with Gasteiger partial charge in [0.05, 0.1) is 12.2 Å². The number of aryl methyl sites for hydroxylation is 1. The van der Waals surface area contributed by atoms with Crippen LogP contribution in [0.5, 0.6) is 0 Å². The molecule has 0 fully saturated rings. The van der Waals surface area contributed by atoms with E-state index in [0.717, 1.165) is 34.4 Å². The summed E-state index contributed by atoms with van der Waals surface area (Å²) in [5.41, 5.74) is 4.07. The number of nitrogens with one attached hydrogen (secondary N) is 2. The van der Waals surface area contributed by atoms with Gasteiger partial charge in [0.1, 0.15) is 11.9 Å². The van der Waals surface area contributed by atoms with E-state index in [9.17, 15) is 0 Å². The zero-order valence-corrected chi connectivity index (χ0v) is 16.0. The first-order chi connectivity index (χ1) is 12.7. The van der Waals surface area contributed by atoms with E-state index >= 15 is 0 Å². The summed E-state index contributed by atoms with van der Waals surface area (Å²) in [6.07, 6.45) is 4.36. The minimum Gasteiger partial charge on any atom is -0.385 e. The Morgan fingerprint density at radius 1 is 0.923 bits per heavy atom. The van der Waals surface area contributed by atoms with E-state index in [-0.39, 0.29) is 0 Å². The number of hydrogen-bond acceptors (Lipinski definition) is 5. The molecule has 0 aliphatic heterocycles. The van der Waals surface area contributed by atoms with Crippen LogP contribution in [-0.4, -0.2) is 6.54 Å². The van der Waals surface area contributed by atoms with Crippen molar-refractivity contribution in [2.45, 2.75) is 19.8 Å². The first-order valence-electron chi connectivity index (χ1n) is 8.80. The van der Waals surface area contributed by atoms with Gasteiger partial charge in [-0.25, -0.2) is 4.57 Å². The molecule has 0 bridgehead atoms. The van der Waals surface area contributed by atoms with Crippen molar-refractivity contribution in [3.8, 4) is 0 Å². The van der Waals surface area contributed by atoms with Crippen molar-refractivity contribution in [2.24, 2.45) is 17.3 Å². The van der Waals surface area contributed by atoms with Gasteiger partial charge in [-0.2, -0.15) is 0 Å². The van der Waals surface area contributed by atoms with Crippen LogP contribution in [0.25, 0.3) is 0 Å². The van der Waals surface area contributed by atoms with E-state index in [1.165, 1.54) is 12.8 Å². The average Bonchev–Trinajstić information content (AvgIpc) is 3.08. The van der Waals surface area contributed by atoms with Gasteiger partial charge in [0.25, 0.3) is 0 Å². The molecule has 0 atom stereocenters. The van der Waals surface area contributed by atoms with Gasteiger partial charge in [-0.05, 0) is 71.4 Å². The molecule has 6 heteroatoms. The Hall–Kier alpha value is -2.73. The van der Waals surface area contributed by atoms with E-state index in [1.54, 1.807) is 11.3 Å². The van der Waals surface area contributed by atoms with Gasteiger partial charge in [0.15, 0.2) is 0 Å². The highest BCUT2D eigenvalue weighted by Gasteiger charge is 2.07. The lowest BCUT2D eigenvalue weighted by Gasteiger charge is -2.09. The Morgan fingerprint density at radius 3 is 2.19 bits per heavy atom. The monoisotopic (exact) mass is 366 g/mol. The lowest BCUT2D eigenvalue weighted by molar-refractivity contribution is -0.654. The number of aromatic nitrogens is 1. The van der Waals surface area contributed by atoms with Gasteiger partial charge in [-0.1, -0.05) is 13.3 Å². The summed E-state index contributed by atoms with van der Waals surface area (Å²) in [4.78, 5) is 0. The molecular weight excluding hydrogens is 342 g/mol. The Labute approximate surface area is 158 Å². The van der Waals surface area contributed by atoms with Crippen molar-refractivity contribution in [3.05, 3.63) is 60.1 Å². The number of rotatable bonds is 8. The van der Waals surface area contributed by atoms with Crippen molar-refractivity contribution in [3.63, 3.8) is 0 Å². The number of anilines is 3. The minimum absolute atomic E-state index is 0.833. The molecule has 26 heavy (non-hydrogen) atoms. The highest BCUT2D eigenvalue weighted by molar-refractivity contribution is 7.12. The Bertz CT molecular complexity index is 837. The molecule has 2 N–H and O–H groups in total. The third-order valence-electron chi connectivity index (χ3n) is 3.91. The second kappa shape index (κ2) is 9.10. The van der Waals surface area contributed by atoms with Gasteiger partial charge >= 0.3 is 5.13 Å². The maximum Gasteiger partial charge on any atom is 0.408 e. The van der Waals surface area contributed by atoms with Gasteiger partial charge in [-0.3, -0.25) is 0 Å². The van der Waals surface area contributed by atoms with Gasteiger partial charge in [0.2, 0.25) is 0 Å². The normalized spacial score (nSPS) is 11.0. The predicted molar refractivity (Wildman–Crippen MR) is 109 cm³/mol. The summed E-state index contributed by atoms with van der Waals surface area (Å²) in [6.45, 7) is 3.21. The van der Waals surface area contributed by atoms with Crippen molar-refractivity contribution in [2.75, 3.05) is 17.2 Å². The predicted octanol–water partition coefficient (Wildman–Crippen LogP) is 5.94. The van der Waals surface area contributed by atoms with Crippen LogP contribution in [0.3, 0.4) is 0 Å². The highest BCUT2D eigenvalue weighted by atomic mass is 32.1. The van der Waals surface area contributed by atoms with Crippen LogP contribution < -0.4 is 15.2 Å². The smallest absolute Gasteiger partial charge is 0.385 e. The fraction of sp³-hybridized carbons (Fsp3) is 0.250. The molecule has 1 aromatic heterocycles. The molecule has 0 saturated heterocycles. The Morgan fingerprint density at radius 2 is 1.58 bits per heavy atom.